The lowest BCUT2D eigenvalue weighted by atomic mass is 10.0. The molecule has 2 atom stereocenters. The van der Waals surface area contributed by atoms with Crippen LogP contribution < -0.4 is 5.32 Å². The first-order chi connectivity index (χ1) is 8.78. The molecular weight excluding hydrogens is 234 g/mol. The average molecular weight is 249 g/mol. The van der Waals surface area contributed by atoms with Crippen LogP contribution >= 0.6 is 0 Å². The molecule has 0 spiro atoms. The van der Waals surface area contributed by atoms with Crippen molar-refractivity contribution in [3.63, 3.8) is 0 Å². The fourth-order valence-electron chi connectivity index (χ4n) is 2.12. The third-order valence-electron chi connectivity index (χ3n) is 3.17. The minimum Gasteiger partial charge on any atom is -0.379 e. The Morgan fingerprint density at radius 3 is 3.06 bits per heavy atom. The fraction of sp³-hybridized carbons (Fsp3) is 0.545. The van der Waals surface area contributed by atoms with Crippen LogP contribution in [0.2, 0.25) is 0 Å². The van der Waals surface area contributed by atoms with Gasteiger partial charge < -0.3 is 14.6 Å². The lowest BCUT2D eigenvalue weighted by Gasteiger charge is -2.11. The molecule has 0 radical (unpaired) electrons. The minimum atomic E-state index is 0.118. The van der Waals surface area contributed by atoms with Crippen molar-refractivity contribution in [2.45, 2.75) is 12.0 Å². The van der Waals surface area contributed by atoms with E-state index in [4.69, 9.17) is 9.26 Å². The maximum Gasteiger partial charge on any atom is 0.234 e. The van der Waals surface area contributed by atoms with Crippen molar-refractivity contribution in [1.29, 1.82) is 0 Å². The predicted octanol–water partition coefficient (Wildman–Crippen LogP) is 0.172. The van der Waals surface area contributed by atoms with E-state index in [1.54, 1.807) is 10.9 Å². The van der Waals surface area contributed by atoms with Gasteiger partial charge in [0.05, 0.1) is 30.9 Å². The van der Waals surface area contributed by atoms with Gasteiger partial charge in [-0.2, -0.15) is 10.1 Å². The van der Waals surface area contributed by atoms with Crippen molar-refractivity contribution >= 4 is 0 Å². The normalized spacial score (nSPS) is 23.7. The largest absolute Gasteiger partial charge is 0.379 e. The highest BCUT2D eigenvalue weighted by Gasteiger charge is 2.33. The van der Waals surface area contributed by atoms with Crippen LogP contribution in [0.25, 0.3) is 11.4 Å². The molecule has 2 aromatic rings. The third kappa shape index (κ3) is 1.91. The number of nitrogens with zero attached hydrogens (tertiary/aromatic N) is 4. The van der Waals surface area contributed by atoms with Crippen molar-refractivity contribution in [2.24, 2.45) is 7.05 Å². The van der Waals surface area contributed by atoms with Gasteiger partial charge in [0.15, 0.2) is 0 Å². The van der Waals surface area contributed by atoms with Gasteiger partial charge in [0, 0.05) is 19.3 Å². The lowest BCUT2D eigenvalue weighted by Crippen LogP contribution is -2.31. The van der Waals surface area contributed by atoms with E-state index in [2.05, 4.69) is 20.6 Å². The van der Waals surface area contributed by atoms with E-state index < -0.39 is 0 Å². The summed E-state index contributed by atoms with van der Waals surface area (Å²) in [5.41, 5.74) is 0.854. The number of aryl methyl sites for hydroxylation is 1. The molecule has 0 aliphatic carbocycles. The van der Waals surface area contributed by atoms with Crippen LogP contribution in [-0.4, -0.2) is 46.2 Å². The molecule has 3 heterocycles. The highest BCUT2D eigenvalue weighted by atomic mass is 16.5. The Kier molecular flexibility index (Phi) is 2.85. The number of rotatable bonds is 3. The van der Waals surface area contributed by atoms with E-state index in [1.165, 1.54) is 0 Å². The zero-order valence-corrected chi connectivity index (χ0v) is 10.3. The second kappa shape index (κ2) is 4.51. The van der Waals surface area contributed by atoms with E-state index in [9.17, 15) is 0 Å². The lowest BCUT2D eigenvalue weighted by molar-refractivity contribution is 0.185. The molecular formula is C11H15N5O2. The van der Waals surface area contributed by atoms with E-state index in [-0.39, 0.29) is 12.0 Å². The summed E-state index contributed by atoms with van der Waals surface area (Å²) in [6.45, 7) is 1.28. The third-order valence-corrected chi connectivity index (χ3v) is 3.17. The molecule has 0 aromatic carbocycles. The van der Waals surface area contributed by atoms with Gasteiger partial charge in [0.1, 0.15) is 0 Å². The Morgan fingerprint density at radius 2 is 2.33 bits per heavy atom. The van der Waals surface area contributed by atoms with Gasteiger partial charge in [0.25, 0.3) is 0 Å². The van der Waals surface area contributed by atoms with Crippen LogP contribution in [0.15, 0.2) is 16.9 Å². The van der Waals surface area contributed by atoms with Crippen molar-refractivity contribution < 1.29 is 9.26 Å². The molecule has 18 heavy (non-hydrogen) atoms. The molecule has 1 N–H and O–H groups in total. The predicted molar refractivity (Wildman–Crippen MR) is 62.9 cm³/mol. The van der Waals surface area contributed by atoms with Crippen molar-refractivity contribution in [1.82, 2.24) is 25.2 Å². The van der Waals surface area contributed by atoms with Gasteiger partial charge in [-0.1, -0.05) is 5.16 Å². The van der Waals surface area contributed by atoms with Crippen molar-refractivity contribution in [3.05, 3.63) is 18.3 Å². The summed E-state index contributed by atoms with van der Waals surface area (Å²) >= 11 is 0. The van der Waals surface area contributed by atoms with Gasteiger partial charge in [-0.15, -0.1) is 0 Å². The number of ether oxygens (including phenoxy) is 1. The van der Waals surface area contributed by atoms with Gasteiger partial charge in [-0.25, -0.2) is 0 Å². The summed E-state index contributed by atoms with van der Waals surface area (Å²) in [6, 6.07) is 0.229. The van der Waals surface area contributed by atoms with E-state index in [1.807, 2.05) is 20.3 Å². The molecule has 96 valence electrons. The van der Waals surface area contributed by atoms with Gasteiger partial charge in [-0.3, -0.25) is 4.68 Å². The molecule has 1 aliphatic heterocycles. The van der Waals surface area contributed by atoms with Gasteiger partial charge in [-0.05, 0) is 7.05 Å². The van der Waals surface area contributed by atoms with E-state index >= 15 is 0 Å². The second-order valence-corrected chi connectivity index (χ2v) is 4.40. The summed E-state index contributed by atoms with van der Waals surface area (Å²) in [7, 11) is 3.76. The van der Waals surface area contributed by atoms with E-state index in [0.717, 1.165) is 5.56 Å². The SMILES string of the molecule is CNC1COCC1c1nc(-c2cnn(C)c2)no1. The molecule has 1 aliphatic rings. The molecule has 7 nitrogen and oxygen atoms in total. The summed E-state index contributed by atoms with van der Waals surface area (Å²) in [4.78, 5) is 4.42. The topological polar surface area (TPSA) is 78.0 Å². The Labute approximate surface area is 104 Å². The number of hydrogen-bond donors (Lipinski definition) is 1. The van der Waals surface area contributed by atoms with Gasteiger partial charge >= 0.3 is 0 Å². The monoisotopic (exact) mass is 249 g/mol. The van der Waals surface area contributed by atoms with Gasteiger partial charge in [0.2, 0.25) is 11.7 Å². The highest BCUT2D eigenvalue weighted by molar-refractivity contribution is 5.51. The van der Waals surface area contributed by atoms with Crippen molar-refractivity contribution in [3.8, 4) is 11.4 Å². The first-order valence-corrected chi connectivity index (χ1v) is 5.85. The molecule has 2 unspecified atom stereocenters. The zero-order valence-electron chi connectivity index (χ0n) is 10.3. The number of likely N-dealkylation sites (N-methyl/N-ethyl adjacent to an activating group) is 1. The van der Waals surface area contributed by atoms with Crippen LogP contribution in [0, 0.1) is 0 Å². The van der Waals surface area contributed by atoms with Crippen LogP contribution in [-0.2, 0) is 11.8 Å². The summed E-state index contributed by atoms with van der Waals surface area (Å²) in [5.74, 6) is 1.30. The quantitative estimate of drug-likeness (QED) is 0.835. The van der Waals surface area contributed by atoms with Crippen LogP contribution in [0.4, 0.5) is 0 Å². The van der Waals surface area contributed by atoms with Crippen LogP contribution in [0.1, 0.15) is 11.8 Å². The standard InChI is InChI=1S/C11H15N5O2/c1-12-9-6-17-5-8(9)11-14-10(15-18-11)7-3-13-16(2)4-7/h3-4,8-9,12H,5-6H2,1-2H3. The van der Waals surface area contributed by atoms with Crippen LogP contribution in [0.5, 0.6) is 0 Å². The molecule has 1 fully saturated rings. The maximum absolute atomic E-state index is 5.43. The Bertz CT molecular complexity index is 535. The smallest absolute Gasteiger partial charge is 0.234 e. The molecule has 1 saturated heterocycles. The molecule has 0 saturated carbocycles. The van der Waals surface area contributed by atoms with Crippen molar-refractivity contribution in [2.75, 3.05) is 20.3 Å². The molecule has 7 heteroatoms. The summed E-state index contributed by atoms with van der Waals surface area (Å²) < 4.78 is 12.5. The first-order valence-electron chi connectivity index (χ1n) is 5.85. The zero-order chi connectivity index (χ0) is 12.5. The number of aromatic nitrogens is 4. The minimum absolute atomic E-state index is 0.118. The number of nitrogens with one attached hydrogen (secondary N) is 1. The van der Waals surface area contributed by atoms with Crippen LogP contribution in [0.3, 0.4) is 0 Å². The fourth-order valence-corrected chi connectivity index (χ4v) is 2.12. The first kappa shape index (κ1) is 11.4. The molecule has 3 rings (SSSR count). The average Bonchev–Trinajstić information content (AvgIpc) is 3.07. The van der Waals surface area contributed by atoms with E-state index in [0.29, 0.717) is 24.9 Å². The summed E-state index contributed by atoms with van der Waals surface area (Å²) in [6.07, 6.45) is 3.57. The maximum atomic E-state index is 5.43. The Balaban J connectivity index is 1.85. The Hall–Kier alpha value is -1.73. The highest BCUT2D eigenvalue weighted by Crippen LogP contribution is 2.26. The molecule has 0 bridgehead atoms. The summed E-state index contributed by atoms with van der Waals surface area (Å²) in [5, 5.41) is 11.3. The Morgan fingerprint density at radius 1 is 1.44 bits per heavy atom. The number of hydrogen-bond acceptors (Lipinski definition) is 6. The molecule has 0 amide bonds. The molecule has 2 aromatic heterocycles. The second-order valence-electron chi connectivity index (χ2n) is 4.40.